The number of benzene rings is 3. The minimum Gasteiger partial charge on any atom is -0.486 e. The second kappa shape index (κ2) is 12.9. The molecular formula is C32H31Cl2F3N2O5. The molecule has 2 heterocycles. The van der Waals surface area contributed by atoms with Crippen molar-refractivity contribution < 1.29 is 37.3 Å². The number of amides is 1. The largest absolute Gasteiger partial charge is 0.486 e. The van der Waals surface area contributed by atoms with Gasteiger partial charge in [-0.25, -0.2) is 0 Å². The van der Waals surface area contributed by atoms with Gasteiger partial charge in [0.2, 0.25) is 5.91 Å². The third-order valence-electron chi connectivity index (χ3n) is 7.96. The van der Waals surface area contributed by atoms with Gasteiger partial charge in [0.1, 0.15) is 29.7 Å². The minimum atomic E-state index is -4.55. The first-order valence-corrected chi connectivity index (χ1v) is 14.9. The lowest BCUT2D eigenvalue weighted by atomic mass is 9.91. The highest BCUT2D eigenvalue weighted by molar-refractivity contribution is 6.42. The summed E-state index contributed by atoms with van der Waals surface area (Å²) in [6.07, 6.45) is -4.76. The Morgan fingerprint density at radius 2 is 1.75 bits per heavy atom. The fourth-order valence-electron chi connectivity index (χ4n) is 5.69. The van der Waals surface area contributed by atoms with Crippen molar-refractivity contribution in [3.63, 3.8) is 0 Å². The number of halogens is 5. The van der Waals surface area contributed by atoms with Gasteiger partial charge in [-0.05, 0) is 71.5 Å². The lowest BCUT2D eigenvalue weighted by Gasteiger charge is -2.35. The second-order valence-electron chi connectivity index (χ2n) is 11.1. The molecule has 0 spiro atoms. The zero-order chi connectivity index (χ0) is 31.8. The maximum absolute atomic E-state index is 13.3. The van der Waals surface area contributed by atoms with Crippen LogP contribution in [0.3, 0.4) is 0 Å². The van der Waals surface area contributed by atoms with Gasteiger partial charge in [0.05, 0.1) is 23.1 Å². The van der Waals surface area contributed by atoms with Gasteiger partial charge in [0.25, 0.3) is 0 Å². The van der Waals surface area contributed by atoms with Crippen molar-refractivity contribution in [3.05, 3.63) is 92.5 Å². The predicted octanol–water partition coefficient (Wildman–Crippen LogP) is 7.38. The Morgan fingerprint density at radius 1 is 1.02 bits per heavy atom. The molecule has 3 atom stereocenters. The number of carboxylic acid groups (broad SMARTS) is 1. The van der Waals surface area contributed by atoms with Crippen molar-refractivity contribution in [1.29, 1.82) is 0 Å². The Kier molecular flexibility index (Phi) is 9.34. The van der Waals surface area contributed by atoms with Crippen LogP contribution in [0.1, 0.15) is 60.3 Å². The number of carbonyl (C=O) groups is 2. The lowest BCUT2D eigenvalue weighted by molar-refractivity contribution is -0.163. The molecule has 3 aromatic rings. The number of nitrogens with zero attached hydrogens (tertiary/aromatic N) is 2. The molecule has 44 heavy (non-hydrogen) atoms. The highest BCUT2D eigenvalue weighted by Crippen LogP contribution is 2.38. The number of hydrogen-bond donors (Lipinski definition) is 1. The van der Waals surface area contributed by atoms with Crippen LogP contribution in [0.4, 0.5) is 13.2 Å². The van der Waals surface area contributed by atoms with Gasteiger partial charge in [-0.2, -0.15) is 13.2 Å². The Morgan fingerprint density at radius 3 is 2.36 bits per heavy atom. The molecule has 5 rings (SSSR count). The fraction of sp³-hybridized carbons (Fsp3) is 0.375. The van der Waals surface area contributed by atoms with Gasteiger partial charge >= 0.3 is 12.1 Å². The summed E-state index contributed by atoms with van der Waals surface area (Å²) in [7, 11) is 0. The maximum atomic E-state index is 13.3. The summed E-state index contributed by atoms with van der Waals surface area (Å²) in [5, 5.41) is 10.5. The molecule has 2 aliphatic rings. The average molecular weight is 652 g/mol. The van der Waals surface area contributed by atoms with Crippen LogP contribution in [0, 0.1) is 0 Å². The van der Waals surface area contributed by atoms with E-state index in [4.69, 9.17) is 32.7 Å². The van der Waals surface area contributed by atoms with Crippen molar-refractivity contribution in [2.45, 2.75) is 64.2 Å². The van der Waals surface area contributed by atoms with Crippen molar-refractivity contribution in [2.24, 2.45) is 0 Å². The molecule has 1 amide bonds. The molecule has 0 fully saturated rings. The summed E-state index contributed by atoms with van der Waals surface area (Å²) in [5.74, 6) is -0.414. The van der Waals surface area contributed by atoms with Crippen LogP contribution in [0.15, 0.2) is 54.6 Å². The van der Waals surface area contributed by atoms with E-state index in [1.807, 2.05) is 37.3 Å². The van der Waals surface area contributed by atoms with E-state index in [0.717, 1.165) is 16.0 Å². The average Bonchev–Trinajstić information content (AvgIpc) is 3.15. The van der Waals surface area contributed by atoms with Crippen LogP contribution in [0.25, 0.3) is 0 Å². The molecule has 0 saturated heterocycles. The third-order valence-corrected chi connectivity index (χ3v) is 8.70. The topological polar surface area (TPSA) is 79.3 Å². The maximum Gasteiger partial charge on any atom is 0.401 e. The van der Waals surface area contributed by atoms with Crippen LogP contribution in [0.2, 0.25) is 10.0 Å². The van der Waals surface area contributed by atoms with E-state index >= 15 is 0 Å². The van der Waals surface area contributed by atoms with E-state index in [2.05, 4.69) is 0 Å². The van der Waals surface area contributed by atoms with E-state index in [1.54, 1.807) is 29.2 Å². The Balaban J connectivity index is 1.40. The highest BCUT2D eigenvalue weighted by atomic mass is 35.5. The summed E-state index contributed by atoms with van der Waals surface area (Å²) in [6, 6.07) is 14.8. The number of aliphatic carboxylic acids is 1. The van der Waals surface area contributed by atoms with Crippen LogP contribution in [-0.4, -0.2) is 52.1 Å². The summed E-state index contributed by atoms with van der Waals surface area (Å²) in [6.45, 7) is 2.40. The summed E-state index contributed by atoms with van der Waals surface area (Å²) in [4.78, 5) is 27.0. The number of ether oxygens (including phenoxy) is 2. The van der Waals surface area contributed by atoms with E-state index < -0.39 is 30.8 Å². The SMILES string of the molecule is CC[C@@H](Oc1ccc([C@H]2CN(C(C)=O)Cc3cc4c(cc3O2)CN(CC(F)(F)F)[C@H](C(=O)O)C4)cc1)c1ccc(Cl)c(Cl)c1. The number of alkyl halides is 3. The molecular weight excluding hydrogens is 620 g/mol. The molecule has 0 aliphatic carbocycles. The zero-order valence-corrected chi connectivity index (χ0v) is 25.5. The quantitative estimate of drug-likeness (QED) is 0.287. The molecule has 0 radical (unpaired) electrons. The van der Waals surface area contributed by atoms with Crippen LogP contribution in [-0.2, 0) is 29.1 Å². The van der Waals surface area contributed by atoms with Gasteiger partial charge < -0.3 is 19.5 Å². The van der Waals surface area contributed by atoms with E-state index in [9.17, 15) is 27.9 Å². The second-order valence-corrected chi connectivity index (χ2v) is 11.9. The molecule has 2 aliphatic heterocycles. The van der Waals surface area contributed by atoms with Crippen molar-refractivity contribution in [3.8, 4) is 11.5 Å². The predicted molar refractivity (Wildman–Crippen MR) is 159 cm³/mol. The minimum absolute atomic E-state index is 0.0834. The fourth-order valence-corrected chi connectivity index (χ4v) is 6.00. The normalized spacial score (nSPS) is 19.3. The van der Waals surface area contributed by atoms with Crippen LogP contribution in [0.5, 0.6) is 11.5 Å². The first-order chi connectivity index (χ1) is 20.8. The smallest absolute Gasteiger partial charge is 0.401 e. The zero-order valence-electron chi connectivity index (χ0n) is 24.0. The van der Waals surface area contributed by atoms with Crippen LogP contribution < -0.4 is 9.47 Å². The standard InChI is InChI=1S/C32H31Cl2F3N2O5/c1-3-28(20-6-9-25(33)26(34)11-20)43-24-7-4-19(5-8-24)30-16-38(18(2)40)15-23-10-21-12-27(31(41)42)39(17-32(35,36)37)14-22(21)13-29(23)44-30/h4-11,13,27-28,30H,3,12,14-17H2,1-2H3,(H,41,42)/t27-,28+,30+/m0/s1. The summed E-state index contributed by atoms with van der Waals surface area (Å²) >= 11 is 12.3. The molecule has 0 aromatic heterocycles. The first kappa shape index (κ1) is 31.9. The van der Waals surface area contributed by atoms with E-state index in [-0.39, 0.29) is 38.1 Å². The molecule has 1 N–H and O–H groups in total. The molecule has 234 valence electrons. The summed E-state index contributed by atoms with van der Waals surface area (Å²) in [5.41, 5.74) is 3.54. The first-order valence-electron chi connectivity index (χ1n) is 14.1. The molecule has 0 saturated carbocycles. The van der Waals surface area contributed by atoms with Gasteiger partial charge in [0.15, 0.2) is 0 Å². The third kappa shape index (κ3) is 7.25. The highest BCUT2D eigenvalue weighted by Gasteiger charge is 2.40. The molecule has 0 unspecified atom stereocenters. The number of carboxylic acids is 1. The summed E-state index contributed by atoms with van der Waals surface area (Å²) < 4.78 is 52.4. The Bertz CT molecular complexity index is 1550. The lowest BCUT2D eigenvalue weighted by Crippen LogP contribution is -2.49. The van der Waals surface area contributed by atoms with Crippen molar-refractivity contribution in [1.82, 2.24) is 9.80 Å². The molecule has 7 nitrogen and oxygen atoms in total. The van der Waals surface area contributed by atoms with Crippen molar-refractivity contribution in [2.75, 3.05) is 13.1 Å². The van der Waals surface area contributed by atoms with Gasteiger partial charge in [-0.3, -0.25) is 14.5 Å². The van der Waals surface area contributed by atoms with Crippen LogP contribution >= 0.6 is 23.2 Å². The van der Waals surface area contributed by atoms with Gasteiger partial charge in [-0.15, -0.1) is 0 Å². The van der Waals surface area contributed by atoms with Gasteiger partial charge in [0, 0.05) is 25.6 Å². The Hall–Kier alpha value is -3.47. The molecule has 3 aromatic carbocycles. The van der Waals surface area contributed by atoms with Crippen molar-refractivity contribution >= 4 is 35.1 Å². The molecule has 0 bridgehead atoms. The number of hydrogen-bond acceptors (Lipinski definition) is 5. The van der Waals surface area contributed by atoms with Gasteiger partial charge in [-0.1, -0.05) is 48.3 Å². The monoisotopic (exact) mass is 650 g/mol. The number of carbonyl (C=O) groups excluding carboxylic acids is 1. The molecule has 12 heteroatoms. The number of fused-ring (bicyclic) bond motifs is 2. The van der Waals surface area contributed by atoms with E-state index in [1.165, 1.54) is 6.92 Å². The van der Waals surface area contributed by atoms with E-state index in [0.29, 0.717) is 44.7 Å². The number of rotatable bonds is 7. The Labute approximate surface area is 263 Å².